The number of nitrogens with zero attached hydrogens (tertiary/aromatic N) is 1. The first kappa shape index (κ1) is 16.7. The minimum atomic E-state index is -1.23. The first-order valence-corrected chi connectivity index (χ1v) is 6.25. The van der Waals surface area contributed by atoms with Crippen LogP contribution in [0.1, 0.15) is 20.8 Å². The second-order valence-corrected chi connectivity index (χ2v) is 6.60. The number of fused-ring (bicyclic) bond motifs is 1. The van der Waals surface area contributed by atoms with Crippen LogP contribution in [0.2, 0.25) is 0 Å². The van der Waals surface area contributed by atoms with E-state index in [0.717, 1.165) is 0 Å². The van der Waals surface area contributed by atoms with E-state index >= 15 is 0 Å². The summed E-state index contributed by atoms with van der Waals surface area (Å²) in [6.45, 7) is 5.12. The number of hydrogen-bond donors (Lipinski definition) is 1. The molecule has 2 rings (SSSR count). The number of carbonyl (C=O) groups is 2. The zero-order valence-electron chi connectivity index (χ0n) is 10.8. The maximum absolute atomic E-state index is 11.8. The van der Waals surface area contributed by atoms with Gasteiger partial charge in [0.1, 0.15) is 5.37 Å². The van der Waals surface area contributed by atoms with Gasteiger partial charge in [-0.25, -0.2) is 0 Å². The second-order valence-electron chi connectivity index (χ2n) is 4.87. The molecule has 2 fully saturated rings. The Morgan fingerprint density at radius 3 is 2.61 bits per heavy atom. The maximum atomic E-state index is 11.8. The molecule has 94 valence electrons. The third-order valence-electron chi connectivity index (χ3n) is 3.00. The quantitative estimate of drug-likeness (QED) is 0.320. The first-order valence-electron chi connectivity index (χ1n) is 5.37. The molecule has 0 aromatic rings. The molecule has 2 saturated heterocycles. The van der Waals surface area contributed by atoms with Gasteiger partial charge in [-0.05, 0) is 26.8 Å². The smallest absolute Gasteiger partial charge is 0.548 e. The Bertz CT molecular complexity index is 421. The van der Waals surface area contributed by atoms with E-state index in [-0.39, 0.29) is 62.7 Å². The maximum Gasteiger partial charge on any atom is 1.00 e. The summed E-state index contributed by atoms with van der Waals surface area (Å²) < 4.78 is -0.576. The summed E-state index contributed by atoms with van der Waals surface area (Å²) in [4.78, 5) is 24.2. The SMILES string of the molecule is C[C@H](O)/C=C1/C(=O)N2[C@@H]1SC(C)(C)[C@@H]2C(=O)[O-].[K+]. The Kier molecular flexibility index (Phi) is 5.14. The van der Waals surface area contributed by atoms with Crippen molar-refractivity contribution in [2.45, 2.75) is 43.0 Å². The van der Waals surface area contributed by atoms with Crippen LogP contribution in [0.15, 0.2) is 11.6 Å². The predicted molar refractivity (Wildman–Crippen MR) is 60.9 cm³/mol. The summed E-state index contributed by atoms with van der Waals surface area (Å²) >= 11 is 1.41. The number of carboxylic acids is 1. The monoisotopic (exact) mass is 295 g/mol. The van der Waals surface area contributed by atoms with E-state index in [4.69, 9.17) is 0 Å². The average molecular weight is 295 g/mol. The van der Waals surface area contributed by atoms with Crippen molar-refractivity contribution in [3.05, 3.63) is 11.6 Å². The third-order valence-corrected chi connectivity index (χ3v) is 4.53. The summed E-state index contributed by atoms with van der Waals surface area (Å²) in [6.07, 6.45) is 0.770. The summed E-state index contributed by atoms with van der Waals surface area (Å²) in [5.74, 6) is -1.54. The molecule has 0 unspecified atom stereocenters. The molecule has 5 nitrogen and oxygen atoms in total. The number of rotatable bonds is 2. The Balaban J connectivity index is 0.00000162. The Morgan fingerprint density at radius 1 is 1.61 bits per heavy atom. The molecule has 0 aromatic heterocycles. The van der Waals surface area contributed by atoms with E-state index < -0.39 is 22.9 Å². The molecular weight excluding hydrogens is 281 g/mol. The first-order chi connectivity index (χ1) is 7.75. The number of aliphatic hydroxyl groups is 1. The fraction of sp³-hybridized carbons (Fsp3) is 0.636. The van der Waals surface area contributed by atoms with Gasteiger partial charge in [0.05, 0.1) is 18.1 Å². The van der Waals surface area contributed by atoms with E-state index in [2.05, 4.69) is 0 Å². The second kappa shape index (κ2) is 5.55. The van der Waals surface area contributed by atoms with Gasteiger partial charge in [-0.2, -0.15) is 0 Å². The van der Waals surface area contributed by atoms with E-state index in [1.165, 1.54) is 22.7 Å². The molecule has 1 amide bonds. The van der Waals surface area contributed by atoms with Crippen LogP contribution < -0.4 is 56.5 Å². The van der Waals surface area contributed by atoms with Crippen molar-refractivity contribution in [2.24, 2.45) is 0 Å². The van der Waals surface area contributed by atoms with Gasteiger partial charge in [0.25, 0.3) is 5.91 Å². The minimum Gasteiger partial charge on any atom is -0.548 e. The van der Waals surface area contributed by atoms with Crippen LogP contribution >= 0.6 is 11.8 Å². The summed E-state index contributed by atoms with van der Waals surface area (Å²) in [7, 11) is 0. The molecule has 0 aliphatic carbocycles. The van der Waals surface area contributed by atoms with Gasteiger partial charge in [0.15, 0.2) is 0 Å². The number of amides is 1. The largest absolute Gasteiger partial charge is 1.00 e. The van der Waals surface area contributed by atoms with Crippen molar-refractivity contribution in [1.82, 2.24) is 4.90 Å². The average Bonchev–Trinajstić information content (AvgIpc) is 2.43. The third kappa shape index (κ3) is 2.59. The van der Waals surface area contributed by atoms with E-state index in [9.17, 15) is 19.8 Å². The number of thioether (sulfide) groups is 1. The van der Waals surface area contributed by atoms with Gasteiger partial charge in [0.2, 0.25) is 0 Å². The van der Waals surface area contributed by atoms with Crippen LogP contribution in [0.4, 0.5) is 0 Å². The Morgan fingerprint density at radius 2 is 2.17 bits per heavy atom. The molecule has 2 heterocycles. The zero-order valence-corrected chi connectivity index (χ0v) is 14.8. The van der Waals surface area contributed by atoms with Crippen molar-refractivity contribution in [3.8, 4) is 0 Å². The van der Waals surface area contributed by atoms with Crippen LogP contribution in [0.3, 0.4) is 0 Å². The molecule has 3 atom stereocenters. The zero-order chi connectivity index (χ0) is 13.0. The van der Waals surface area contributed by atoms with E-state index in [0.29, 0.717) is 5.57 Å². The number of aliphatic carboxylic acids is 1. The fourth-order valence-electron chi connectivity index (χ4n) is 2.32. The molecule has 0 bridgehead atoms. The van der Waals surface area contributed by atoms with Gasteiger partial charge >= 0.3 is 51.4 Å². The molecular formula is C11H14KNO4S. The van der Waals surface area contributed by atoms with E-state index in [1.807, 2.05) is 0 Å². The standard InChI is InChI=1S/C11H15NO4S.K/c1-5(13)4-6-8(14)12-7(10(15)16)11(2,3)17-9(6)12;/h4-5,7,9,13H,1-3H3,(H,15,16);/q;+1/p-1/b6-4-;/t5-,7-,9+;/m0./s1. The minimum absolute atomic E-state index is 0. The number of carbonyl (C=O) groups excluding carboxylic acids is 2. The number of aliphatic hydroxyl groups excluding tert-OH is 1. The predicted octanol–water partition coefficient (Wildman–Crippen LogP) is -3.89. The Hall–Kier alpha value is 0.626. The van der Waals surface area contributed by atoms with Gasteiger partial charge < -0.3 is 19.9 Å². The Labute approximate surface area is 152 Å². The van der Waals surface area contributed by atoms with Crippen molar-refractivity contribution in [3.63, 3.8) is 0 Å². The molecule has 0 radical (unpaired) electrons. The topological polar surface area (TPSA) is 80.7 Å². The summed E-state index contributed by atoms with van der Waals surface area (Å²) in [5, 5.41) is 20.1. The number of β-lactam (4-membered cyclic amide) rings is 1. The summed E-state index contributed by atoms with van der Waals surface area (Å²) in [6, 6.07) is -0.906. The number of carboxylic acid groups (broad SMARTS) is 1. The van der Waals surface area contributed by atoms with Crippen molar-refractivity contribution in [2.75, 3.05) is 0 Å². The van der Waals surface area contributed by atoms with Crippen molar-refractivity contribution < 1.29 is 71.2 Å². The molecule has 0 saturated carbocycles. The summed E-state index contributed by atoms with van der Waals surface area (Å²) in [5.41, 5.74) is 0.488. The van der Waals surface area contributed by atoms with Crippen molar-refractivity contribution >= 4 is 23.6 Å². The molecule has 7 heteroatoms. The normalized spacial score (nSPS) is 32.6. The number of hydrogen-bond acceptors (Lipinski definition) is 5. The van der Waals surface area contributed by atoms with E-state index in [1.54, 1.807) is 20.8 Å². The van der Waals surface area contributed by atoms with Crippen LogP contribution in [0.25, 0.3) is 0 Å². The van der Waals surface area contributed by atoms with Gasteiger partial charge in [-0.15, -0.1) is 11.8 Å². The van der Waals surface area contributed by atoms with Crippen LogP contribution in [0.5, 0.6) is 0 Å². The van der Waals surface area contributed by atoms with Gasteiger partial charge in [-0.1, -0.05) is 0 Å². The molecule has 2 aliphatic rings. The van der Waals surface area contributed by atoms with Gasteiger partial charge in [0, 0.05) is 10.3 Å². The molecule has 0 spiro atoms. The molecule has 18 heavy (non-hydrogen) atoms. The fourth-order valence-corrected chi connectivity index (χ4v) is 3.87. The van der Waals surface area contributed by atoms with Gasteiger partial charge in [-0.3, -0.25) is 4.79 Å². The van der Waals surface area contributed by atoms with Crippen molar-refractivity contribution in [1.29, 1.82) is 0 Å². The van der Waals surface area contributed by atoms with Crippen LogP contribution in [0, 0.1) is 0 Å². The molecule has 0 aromatic carbocycles. The molecule has 2 aliphatic heterocycles. The molecule has 1 N–H and O–H groups in total. The van der Waals surface area contributed by atoms with Crippen LogP contribution in [-0.2, 0) is 9.59 Å². The van der Waals surface area contributed by atoms with Crippen LogP contribution in [-0.4, -0.2) is 44.1 Å².